The van der Waals surface area contributed by atoms with Crippen molar-refractivity contribution >= 4 is 21.9 Å². The minimum absolute atomic E-state index is 0.0841. The first-order valence-electron chi connectivity index (χ1n) is 5.11. The molecule has 1 heterocycles. The van der Waals surface area contributed by atoms with Gasteiger partial charge in [-0.25, -0.2) is 9.78 Å². The number of benzene rings is 1. The summed E-state index contributed by atoms with van der Waals surface area (Å²) >= 11 is 3.46. The highest BCUT2D eigenvalue weighted by atomic mass is 79.9. The Hall–Kier alpha value is -1.62. The summed E-state index contributed by atoms with van der Waals surface area (Å²) < 4.78 is 2.60. The number of hydrogen-bond donors (Lipinski definition) is 1. The van der Waals surface area contributed by atoms with Gasteiger partial charge < -0.3 is 9.67 Å². The molecule has 0 spiro atoms. The van der Waals surface area contributed by atoms with Gasteiger partial charge in [-0.3, -0.25) is 0 Å². The molecule has 0 bridgehead atoms. The highest BCUT2D eigenvalue weighted by Crippen LogP contribution is 2.26. The van der Waals surface area contributed by atoms with Crippen molar-refractivity contribution in [2.24, 2.45) is 0 Å². The molecule has 0 aliphatic heterocycles. The Morgan fingerprint density at radius 2 is 2.18 bits per heavy atom. The van der Waals surface area contributed by atoms with E-state index in [2.05, 4.69) is 20.9 Å². The minimum atomic E-state index is -0.971. The Kier molecular flexibility index (Phi) is 3.28. The summed E-state index contributed by atoms with van der Waals surface area (Å²) in [5.74, 6) is -0.971. The van der Waals surface area contributed by atoms with Crippen LogP contribution in [0.15, 0.2) is 41.3 Å². The van der Waals surface area contributed by atoms with E-state index in [1.54, 1.807) is 4.57 Å². The fraction of sp³-hybridized carbons (Fsp3) is 0.167. The summed E-state index contributed by atoms with van der Waals surface area (Å²) in [6, 6.07) is 7.66. The zero-order valence-electron chi connectivity index (χ0n) is 9.17. The van der Waals surface area contributed by atoms with Crippen LogP contribution in [0.3, 0.4) is 0 Å². The maximum Gasteiger partial charge on any atom is 0.354 e. The van der Waals surface area contributed by atoms with Crippen molar-refractivity contribution in [3.63, 3.8) is 0 Å². The van der Waals surface area contributed by atoms with Crippen LogP contribution in [-0.2, 0) is 0 Å². The maximum atomic E-state index is 11.0. The van der Waals surface area contributed by atoms with Crippen molar-refractivity contribution < 1.29 is 9.90 Å². The van der Waals surface area contributed by atoms with E-state index in [-0.39, 0.29) is 11.7 Å². The van der Waals surface area contributed by atoms with Crippen LogP contribution in [-0.4, -0.2) is 20.6 Å². The van der Waals surface area contributed by atoms with Crippen LogP contribution < -0.4 is 0 Å². The third-order valence-corrected chi connectivity index (χ3v) is 3.38. The lowest BCUT2D eigenvalue weighted by Gasteiger charge is -2.16. The minimum Gasteiger partial charge on any atom is -0.477 e. The molecule has 1 N–H and O–H groups in total. The Morgan fingerprint density at radius 1 is 1.47 bits per heavy atom. The van der Waals surface area contributed by atoms with Crippen molar-refractivity contribution in [2.45, 2.75) is 13.0 Å². The normalized spacial score (nSPS) is 12.4. The molecular formula is C12H11BrN2O2. The Bertz CT molecular complexity index is 551. The fourth-order valence-corrected chi connectivity index (χ4v) is 2.36. The number of halogens is 1. The maximum absolute atomic E-state index is 11.0. The fourth-order valence-electron chi connectivity index (χ4n) is 1.74. The predicted octanol–water partition coefficient (Wildman–Crippen LogP) is 2.95. The van der Waals surface area contributed by atoms with Gasteiger partial charge in [0.2, 0.25) is 0 Å². The van der Waals surface area contributed by atoms with Crippen molar-refractivity contribution in [1.29, 1.82) is 0 Å². The van der Waals surface area contributed by atoms with Gasteiger partial charge in [0.05, 0.1) is 18.6 Å². The predicted molar refractivity (Wildman–Crippen MR) is 67.1 cm³/mol. The van der Waals surface area contributed by atoms with Gasteiger partial charge in [-0.15, -0.1) is 0 Å². The molecule has 1 aromatic heterocycles. The zero-order valence-corrected chi connectivity index (χ0v) is 10.8. The molecule has 0 fully saturated rings. The molecular weight excluding hydrogens is 284 g/mol. The number of carboxylic acids is 1. The van der Waals surface area contributed by atoms with Crippen LogP contribution in [0.5, 0.6) is 0 Å². The first-order valence-corrected chi connectivity index (χ1v) is 5.90. The number of rotatable bonds is 3. The number of aromatic nitrogens is 2. The molecule has 1 atom stereocenters. The molecule has 1 aromatic carbocycles. The molecule has 0 radical (unpaired) electrons. The molecule has 2 aromatic rings. The summed E-state index contributed by atoms with van der Waals surface area (Å²) in [6.07, 6.45) is 2.89. The molecule has 17 heavy (non-hydrogen) atoms. The van der Waals surface area contributed by atoms with Crippen molar-refractivity contribution in [2.75, 3.05) is 0 Å². The van der Waals surface area contributed by atoms with Crippen LogP contribution in [0.4, 0.5) is 0 Å². The Labute approximate surface area is 107 Å². The summed E-state index contributed by atoms with van der Waals surface area (Å²) in [6.45, 7) is 1.94. The summed E-state index contributed by atoms with van der Waals surface area (Å²) in [5.41, 5.74) is 1.21. The number of imidazole rings is 1. The molecule has 4 nitrogen and oxygen atoms in total. The summed E-state index contributed by atoms with van der Waals surface area (Å²) in [7, 11) is 0. The van der Waals surface area contributed by atoms with Crippen LogP contribution in [0.1, 0.15) is 29.0 Å². The lowest BCUT2D eigenvalue weighted by atomic mass is 10.1. The number of hydrogen-bond acceptors (Lipinski definition) is 2. The second kappa shape index (κ2) is 4.71. The Morgan fingerprint density at radius 3 is 2.82 bits per heavy atom. The van der Waals surface area contributed by atoms with Crippen LogP contribution in [0.2, 0.25) is 0 Å². The van der Waals surface area contributed by atoms with Gasteiger partial charge >= 0.3 is 5.97 Å². The third-order valence-electron chi connectivity index (χ3n) is 2.66. The van der Waals surface area contributed by atoms with Crippen molar-refractivity contribution in [3.8, 4) is 0 Å². The average molecular weight is 295 g/mol. The van der Waals surface area contributed by atoms with E-state index in [4.69, 9.17) is 5.11 Å². The number of aromatic carboxylic acids is 1. The molecule has 0 saturated heterocycles. The lowest BCUT2D eigenvalue weighted by molar-refractivity contribution is 0.0684. The molecule has 0 aliphatic carbocycles. The van der Waals surface area contributed by atoms with Crippen LogP contribution in [0, 0.1) is 0 Å². The molecule has 1 unspecified atom stereocenters. The monoisotopic (exact) mass is 294 g/mol. The first kappa shape index (κ1) is 11.9. The zero-order chi connectivity index (χ0) is 12.4. The molecule has 0 amide bonds. The summed E-state index contributed by atoms with van der Waals surface area (Å²) in [5, 5.41) is 9.05. The van der Waals surface area contributed by atoms with Gasteiger partial charge in [0.1, 0.15) is 5.69 Å². The smallest absolute Gasteiger partial charge is 0.354 e. The number of nitrogens with zero attached hydrogens (tertiary/aromatic N) is 2. The highest BCUT2D eigenvalue weighted by Gasteiger charge is 2.17. The van der Waals surface area contributed by atoms with E-state index >= 15 is 0 Å². The molecule has 0 aliphatic rings. The van der Waals surface area contributed by atoms with E-state index in [1.807, 2.05) is 31.2 Å². The van der Waals surface area contributed by atoms with E-state index < -0.39 is 5.97 Å². The molecule has 88 valence electrons. The highest BCUT2D eigenvalue weighted by molar-refractivity contribution is 9.10. The van der Waals surface area contributed by atoms with E-state index in [1.165, 1.54) is 12.5 Å². The lowest BCUT2D eigenvalue weighted by Crippen LogP contribution is -2.13. The summed E-state index contributed by atoms with van der Waals surface area (Å²) in [4.78, 5) is 14.9. The average Bonchev–Trinajstić information content (AvgIpc) is 2.77. The van der Waals surface area contributed by atoms with Gasteiger partial charge in [-0.1, -0.05) is 34.1 Å². The quantitative estimate of drug-likeness (QED) is 0.947. The van der Waals surface area contributed by atoms with E-state index in [0.717, 1.165) is 10.0 Å². The van der Waals surface area contributed by atoms with Gasteiger partial charge in [0.25, 0.3) is 0 Å². The van der Waals surface area contributed by atoms with E-state index in [9.17, 15) is 4.79 Å². The standard InChI is InChI=1S/C12H11BrN2O2/c1-8(9-4-2-3-5-10(9)13)15-7-14-6-11(15)12(16)17/h2-8H,1H3,(H,16,17). The Balaban J connectivity index is 2.44. The number of carbonyl (C=O) groups is 1. The van der Waals surface area contributed by atoms with Gasteiger partial charge in [0.15, 0.2) is 0 Å². The van der Waals surface area contributed by atoms with Crippen molar-refractivity contribution in [1.82, 2.24) is 9.55 Å². The molecule has 2 rings (SSSR count). The van der Waals surface area contributed by atoms with Gasteiger partial charge in [0, 0.05) is 4.47 Å². The van der Waals surface area contributed by atoms with E-state index in [0.29, 0.717) is 0 Å². The largest absolute Gasteiger partial charge is 0.477 e. The first-order chi connectivity index (χ1) is 8.11. The van der Waals surface area contributed by atoms with Crippen molar-refractivity contribution in [3.05, 3.63) is 52.5 Å². The van der Waals surface area contributed by atoms with Gasteiger partial charge in [-0.05, 0) is 18.6 Å². The molecule has 5 heteroatoms. The number of carboxylic acid groups (broad SMARTS) is 1. The van der Waals surface area contributed by atoms with Crippen LogP contribution >= 0.6 is 15.9 Å². The van der Waals surface area contributed by atoms with Crippen LogP contribution in [0.25, 0.3) is 0 Å². The molecule has 0 saturated carbocycles. The topological polar surface area (TPSA) is 55.1 Å². The third kappa shape index (κ3) is 2.24. The van der Waals surface area contributed by atoms with Gasteiger partial charge in [-0.2, -0.15) is 0 Å². The SMILES string of the molecule is CC(c1ccccc1Br)n1cncc1C(=O)O. The second-order valence-electron chi connectivity index (χ2n) is 3.69. The second-order valence-corrected chi connectivity index (χ2v) is 4.54.